The maximum Gasteiger partial charge on any atom is 0.262 e. The van der Waals surface area contributed by atoms with Crippen LogP contribution in [0.1, 0.15) is 48.3 Å². The number of thiophene rings is 1. The number of nitrogens with zero attached hydrogens (tertiary/aromatic N) is 2. The zero-order valence-corrected chi connectivity index (χ0v) is 20.0. The fourth-order valence-corrected chi connectivity index (χ4v) is 6.52. The van der Waals surface area contributed by atoms with Crippen LogP contribution in [0.15, 0.2) is 40.6 Å². The number of hydrogen-bond donors (Lipinski definition) is 1. The van der Waals surface area contributed by atoms with E-state index in [0.717, 1.165) is 30.5 Å². The van der Waals surface area contributed by atoms with Crippen molar-refractivity contribution in [3.8, 4) is 0 Å². The molecule has 4 rings (SSSR count). The Hall–Kier alpha value is -2.23. The molecule has 0 radical (unpaired) electrons. The average molecular weight is 476 g/mol. The Morgan fingerprint density at radius 3 is 2.47 bits per heavy atom. The minimum atomic E-state index is -3.52. The Bertz CT molecular complexity index is 1090. The van der Waals surface area contributed by atoms with Gasteiger partial charge in [-0.2, -0.15) is 4.31 Å². The summed E-state index contributed by atoms with van der Waals surface area (Å²) < 4.78 is 27.6. The van der Waals surface area contributed by atoms with Crippen LogP contribution < -0.4 is 10.2 Å². The Kier molecular flexibility index (Phi) is 6.69. The molecule has 1 aromatic heterocycles. The molecule has 0 saturated carbocycles. The Morgan fingerprint density at radius 1 is 1.06 bits per heavy atom. The van der Waals surface area contributed by atoms with E-state index >= 15 is 0 Å². The van der Waals surface area contributed by atoms with Gasteiger partial charge in [-0.1, -0.05) is 26.3 Å². The lowest BCUT2D eigenvalue weighted by molar-refractivity contribution is -0.121. The van der Waals surface area contributed by atoms with Gasteiger partial charge >= 0.3 is 0 Å². The lowest BCUT2D eigenvalue weighted by atomic mass is 10.0. The van der Waals surface area contributed by atoms with Crippen molar-refractivity contribution in [3.05, 3.63) is 46.2 Å². The molecule has 32 heavy (non-hydrogen) atoms. The van der Waals surface area contributed by atoms with E-state index in [-0.39, 0.29) is 17.7 Å². The van der Waals surface area contributed by atoms with Gasteiger partial charge in [-0.25, -0.2) is 8.42 Å². The number of benzene rings is 1. The van der Waals surface area contributed by atoms with E-state index in [9.17, 15) is 18.0 Å². The molecule has 7 nitrogen and oxygen atoms in total. The summed E-state index contributed by atoms with van der Waals surface area (Å²) in [6.45, 7) is 5.40. The second-order valence-corrected chi connectivity index (χ2v) is 11.6. The van der Waals surface area contributed by atoms with Crippen LogP contribution in [-0.2, 0) is 21.2 Å². The molecule has 2 amide bonds. The number of anilines is 1. The quantitative estimate of drug-likeness (QED) is 0.695. The molecule has 1 aromatic carbocycles. The third-order valence-electron chi connectivity index (χ3n) is 6.13. The standard InChI is InChI=1S/C23H29N3O4S2/c1-16(2)21(24-22(27)20-7-6-14-31-20)23(28)26-13-10-17-15-18(8-9-19(17)26)32(29,30)25-11-4-3-5-12-25/h6-9,14-16,21H,3-5,10-13H2,1-2H3,(H,24,27). The van der Waals surface area contributed by atoms with Crippen molar-refractivity contribution >= 4 is 38.9 Å². The molecule has 2 aromatic rings. The van der Waals surface area contributed by atoms with Crippen molar-refractivity contribution in [2.45, 2.75) is 50.5 Å². The highest BCUT2D eigenvalue weighted by Crippen LogP contribution is 2.32. The van der Waals surface area contributed by atoms with Crippen LogP contribution in [0.2, 0.25) is 0 Å². The molecular weight excluding hydrogens is 446 g/mol. The molecule has 3 heterocycles. The lowest BCUT2D eigenvalue weighted by Crippen LogP contribution is -2.51. The summed E-state index contributed by atoms with van der Waals surface area (Å²) in [6.07, 6.45) is 3.43. The minimum absolute atomic E-state index is 0.0887. The Morgan fingerprint density at radius 2 is 1.81 bits per heavy atom. The van der Waals surface area contributed by atoms with Crippen molar-refractivity contribution in [1.29, 1.82) is 0 Å². The van der Waals surface area contributed by atoms with Gasteiger partial charge < -0.3 is 10.2 Å². The van der Waals surface area contributed by atoms with E-state index in [1.54, 1.807) is 39.5 Å². The first-order chi connectivity index (χ1) is 15.3. The highest BCUT2D eigenvalue weighted by Gasteiger charge is 2.34. The number of sulfonamides is 1. The van der Waals surface area contributed by atoms with Crippen LogP contribution >= 0.6 is 11.3 Å². The zero-order chi connectivity index (χ0) is 22.9. The first-order valence-electron chi connectivity index (χ1n) is 11.1. The fourth-order valence-electron chi connectivity index (χ4n) is 4.32. The van der Waals surface area contributed by atoms with E-state index in [2.05, 4.69) is 5.32 Å². The van der Waals surface area contributed by atoms with Crippen molar-refractivity contribution in [1.82, 2.24) is 9.62 Å². The van der Waals surface area contributed by atoms with Gasteiger partial charge in [0.25, 0.3) is 5.91 Å². The monoisotopic (exact) mass is 475 g/mol. The normalized spacial score (nSPS) is 17.9. The minimum Gasteiger partial charge on any atom is -0.339 e. The number of carbonyl (C=O) groups excluding carboxylic acids is 2. The summed E-state index contributed by atoms with van der Waals surface area (Å²) in [5.74, 6) is -0.515. The van der Waals surface area contributed by atoms with Crippen molar-refractivity contribution in [3.63, 3.8) is 0 Å². The molecule has 1 unspecified atom stereocenters. The topological polar surface area (TPSA) is 86.8 Å². The van der Waals surface area contributed by atoms with Gasteiger partial charge in [0, 0.05) is 25.3 Å². The molecule has 1 N–H and O–H groups in total. The third-order valence-corrected chi connectivity index (χ3v) is 8.89. The molecule has 1 atom stereocenters. The molecule has 172 valence electrons. The first-order valence-corrected chi connectivity index (χ1v) is 13.4. The summed E-state index contributed by atoms with van der Waals surface area (Å²) >= 11 is 1.33. The van der Waals surface area contributed by atoms with Gasteiger partial charge in [0.1, 0.15) is 6.04 Å². The summed E-state index contributed by atoms with van der Waals surface area (Å²) in [5, 5.41) is 4.71. The Balaban J connectivity index is 1.54. The predicted octanol–water partition coefficient (Wildman–Crippen LogP) is 3.27. The van der Waals surface area contributed by atoms with Gasteiger partial charge in [0.05, 0.1) is 9.77 Å². The van der Waals surface area contributed by atoms with E-state index in [1.165, 1.54) is 11.3 Å². The molecule has 2 aliphatic rings. The highest BCUT2D eigenvalue weighted by molar-refractivity contribution is 7.89. The molecule has 0 aliphatic carbocycles. The van der Waals surface area contributed by atoms with Gasteiger partial charge in [-0.3, -0.25) is 9.59 Å². The summed E-state index contributed by atoms with van der Waals surface area (Å²) in [6, 6.07) is 7.92. The number of piperidine rings is 1. The van der Waals surface area contributed by atoms with Gasteiger partial charge in [-0.15, -0.1) is 11.3 Å². The largest absolute Gasteiger partial charge is 0.339 e. The number of fused-ring (bicyclic) bond motifs is 1. The second kappa shape index (κ2) is 9.33. The van der Waals surface area contributed by atoms with Crippen LogP contribution in [0.25, 0.3) is 0 Å². The fraction of sp³-hybridized carbons (Fsp3) is 0.478. The Labute approximate surface area is 193 Å². The molecular formula is C23H29N3O4S2. The lowest BCUT2D eigenvalue weighted by Gasteiger charge is -2.28. The number of rotatable bonds is 6. The van der Waals surface area contributed by atoms with Crippen LogP contribution in [0.3, 0.4) is 0 Å². The van der Waals surface area contributed by atoms with Crippen LogP contribution in [0.4, 0.5) is 5.69 Å². The van der Waals surface area contributed by atoms with Gasteiger partial charge in [0.2, 0.25) is 15.9 Å². The molecule has 2 aliphatic heterocycles. The van der Waals surface area contributed by atoms with Crippen molar-refractivity contribution in [2.24, 2.45) is 5.92 Å². The molecule has 0 spiro atoms. The SMILES string of the molecule is CC(C)C(NC(=O)c1cccs1)C(=O)N1CCc2cc(S(=O)(=O)N3CCCCC3)ccc21. The van der Waals surface area contributed by atoms with E-state index < -0.39 is 16.1 Å². The highest BCUT2D eigenvalue weighted by atomic mass is 32.2. The summed E-state index contributed by atoms with van der Waals surface area (Å²) in [4.78, 5) is 28.5. The summed E-state index contributed by atoms with van der Waals surface area (Å²) in [7, 11) is -3.52. The average Bonchev–Trinajstić information content (AvgIpc) is 3.47. The smallest absolute Gasteiger partial charge is 0.262 e. The summed E-state index contributed by atoms with van der Waals surface area (Å²) in [5.41, 5.74) is 1.58. The molecule has 0 bridgehead atoms. The van der Waals surface area contributed by atoms with Crippen molar-refractivity contribution < 1.29 is 18.0 Å². The predicted molar refractivity (Wildman–Crippen MR) is 126 cm³/mol. The van der Waals surface area contributed by atoms with Gasteiger partial charge in [-0.05, 0) is 60.4 Å². The van der Waals surface area contributed by atoms with Crippen LogP contribution in [0.5, 0.6) is 0 Å². The van der Waals surface area contributed by atoms with E-state index in [0.29, 0.717) is 35.8 Å². The molecule has 1 saturated heterocycles. The van der Waals surface area contributed by atoms with Crippen molar-refractivity contribution in [2.75, 3.05) is 24.5 Å². The third kappa shape index (κ3) is 4.46. The van der Waals surface area contributed by atoms with Crippen LogP contribution in [0, 0.1) is 5.92 Å². The zero-order valence-electron chi connectivity index (χ0n) is 18.4. The molecule has 1 fully saturated rings. The van der Waals surface area contributed by atoms with Crippen LogP contribution in [-0.4, -0.2) is 50.2 Å². The first kappa shape index (κ1) is 22.9. The second-order valence-electron chi connectivity index (χ2n) is 8.67. The van der Waals surface area contributed by atoms with E-state index in [4.69, 9.17) is 0 Å². The van der Waals surface area contributed by atoms with Gasteiger partial charge in [0.15, 0.2) is 0 Å². The maximum atomic E-state index is 13.4. The molecule has 9 heteroatoms. The number of hydrogen-bond acceptors (Lipinski definition) is 5. The van der Waals surface area contributed by atoms with E-state index in [1.807, 2.05) is 19.2 Å². The maximum absolute atomic E-state index is 13.4. The number of carbonyl (C=O) groups is 2. The number of nitrogens with one attached hydrogen (secondary N) is 1. The number of amides is 2.